The van der Waals surface area contributed by atoms with E-state index in [1.165, 1.54) is 5.56 Å². The Balaban J connectivity index is 1.39. The SMILES string of the molecule is O=C(NC(Cc1ccccc1)C(=O)O)OCc1ccc(OCCCc2ccccc2)cc1. The summed E-state index contributed by atoms with van der Waals surface area (Å²) in [6, 6.07) is 25.6. The van der Waals surface area contributed by atoms with Crippen LogP contribution in [0.3, 0.4) is 0 Å². The summed E-state index contributed by atoms with van der Waals surface area (Å²) in [7, 11) is 0. The first-order chi connectivity index (χ1) is 15.6. The Bertz CT molecular complexity index is 974. The van der Waals surface area contributed by atoms with Crippen molar-refractivity contribution in [2.24, 2.45) is 0 Å². The second kappa shape index (κ2) is 12.2. The van der Waals surface area contributed by atoms with Crippen LogP contribution < -0.4 is 10.1 Å². The van der Waals surface area contributed by atoms with Crippen molar-refractivity contribution in [1.29, 1.82) is 0 Å². The van der Waals surface area contributed by atoms with E-state index < -0.39 is 18.1 Å². The number of amides is 1. The van der Waals surface area contributed by atoms with E-state index in [1.54, 1.807) is 0 Å². The molecule has 0 bridgehead atoms. The number of alkyl carbamates (subject to hydrolysis) is 1. The van der Waals surface area contributed by atoms with Crippen LogP contribution in [0.4, 0.5) is 4.79 Å². The first-order valence-corrected chi connectivity index (χ1v) is 10.6. The van der Waals surface area contributed by atoms with Gasteiger partial charge in [-0.15, -0.1) is 0 Å². The van der Waals surface area contributed by atoms with E-state index in [0.29, 0.717) is 6.61 Å². The molecule has 166 valence electrons. The summed E-state index contributed by atoms with van der Waals surface area (Å²) >= 11 is 0. The smallest absolute Gasteiger partial charge is 0.408 e. The van der Waals surface area contributed by atoms with Crippen molar-refractivity contribution in [1.82, 2.24) is 5.32 Å². The molecule has 0 radical (unpaired) electrons. The number of carboxylic acids is 1. The molecule has 6 heteroatoms. The molecule has 0 aliphatic rings. The quantitative estimate of drug-likeness (QED) is 0.431. The van der Waals surface area contributed by atoms with Gasteiger partial charge in [-0.2, -0.15) is 0 Å². The number of benzene rings is 3. The zero-order valence-corrected chi connectivity index (χ0v) is 17.8. The predicted octanol–water partition coefficient (Wildman–Crippen LogP) is 4.62. The van der Waals surface area contributed by atoms with Crippen molar-refractivity contribution in [2.45, 2.75) is 31.9 Å². The summed E-state index contributed by atoms with van der Waals surface area (Å²) in [4.78, 5) is 23.5. The molecule has 3 aromatic carbocycles. The van der Waals surface area contributed by atoms with Crippen LogP contribution >= 0.6 is 0 Å². The molecule has 32 heavy (non-hydrogen) atoms. The second-order valence-corrected chi connectivity index (χ2v) is 7.38. The molecule has 3 aromatic rings. The number of rotatable bonds is 11. The number of carbonyl (C=O) groups excluding carboxylic acids is 1. The maximum absolute atomic E-state index is 12.1. The van der Waals surface area contributed by atoms with E-state index >= 15 is 0 Å². The molecule has 2 N–H and O–H groups in total. The lowest BCUT2D eigenvalue weighted by atomic mass is 10.1. The topological polar surface area (TPSA) is 84.9 Å². The number of ether oxygens (including phenoxy) is 2. The molecule has 1 atom stereocenters. The lowest BCUT2D eigenvalue weighted by molar-refractivity contribution is -0.139. The molecule has 0 spiro atoms. The van der Waals surface area contributed by atoms with Crippen LogP contribution in [0, 0.1) is 0 Å². The zero-order valence-electron chi connectivity index (χ0n) is 17.8. The predicted molar refractivity (Wildman–Crippen MR) is 122 cm³/mol. The van der Waals surface area contributed by atoms with Gasteiger partial charge in [-0.3, -0.25) is 0 Å². The van der Waals surface area contributed by atoms with E-state index in [0.717, 1.165) is 29.7 Å². The minimum Gasteiger partial charge on any atom is -0.494 e. The number of hydrogen-bond donors (Lipinski definition) is 2. The molecule has 0 saturated carbocycles. The lowest BCUT2D eigenvalue weighted by Gasteiger charge is -2.15. The highest BCUT2D eigenvalue weighted by molar-refractivity contribution is 5.80. The molecule has 6 nitrogen and oxygen atoms in total. The summed E-state index contributed by atoms with van der Waals surface area (Å²) in [5.41, 5.74) is 2.89. The number of aryl methyl sites for hydroxylation is 1. The first kappa shape index (κ1) is 22.9. The highest BCUT2D eigenvalue weighted by atomic mass is 16.5. The lowest BCUT2D eigenvalue weighted by Crippen LogP contribution is -2.42. The third kappa shape index (κ3) is 7.80. The maximum Gasteiger partial charge on any atom is 0.408 e. The standard InChI is InChI=1S/C26H27NO5/c28-25(29)24(18-21-10-5-2-6-11-21)27-26(30)32-19-22-13-15-23(16-14-22)31-17-7-12-20-8-3-1-4-9-20/h1-6,8-11,13-16,24H,7,12,17-19H2,(H,27,30)(H,28,29). The average Bonchev–Trinajstić information content (AvgIpc) is 2.82. The fourth-order valence-electron chi connectivity index (χ4n) is 3.18. The first-order valence-electron chi connectivity index (χ1n) is 10.6. The van der Waals surface area contributed by atoms with Crippen molar-refractivity contribution in [3.05, 3.63) is 102 Å². The van der Waals surface area contributed by atoms with Crippen molar-refractivity contribution in [3.63, 3.8) is 0 Å². The molecular formula is C26H27NO5. The van der Waals surface area contributed by atoms with Crippen LogP contribution in [0.1, 0.15) is 23.1 Å². The van der Waals surface area contributed by atoms with Gasteiger partial charge in [-0.25, -0.2) is 9.59 Å². The van der Waals surface area contributed by atoms with E-state index in [9.17, 15) is 14.7 Å². The van der Waals surface area contributed by atoms with Gasteiger partial charge in [0.05, 0.1) is 6.61 Å². The summed E-state index contributed by atoms with van der Waals surface area (Å²) < 4.78 is 10.9. The Kier molecular flexibility index (Phi) is 8.69. The van der Waals surface area contributed by atoms with E-state index in [-0.39, 0.29) is 13.0 Å². The second-order valence-electron chi connectivity index (χ2n) is 7.38. The van der Waals surface area contributed by atoms with Crippen LogP contribution in [0.5, 0.6) is 5.75 Å². The zero-order chi connectivity index (χ0) is 22.6. The fraction of sp³-hybridized carbons (Fsp3) is 0.231. The molecule has 0 heterocycles. The molecule has 0 aromatic heterocycles. The number of carboxylic acid groups (broad SMARTS) is 1. The molecule has 1 unspecified atom stereocenters. The Morgan fingerprint density at radius 1 is 0.812 bits per heavy atom. The third-order valence-electron chi connectivity index (χ3n) is 4.89. The number of aliphatic carboxylic acids is 1. The Morgan fingerprint density at radius 3 is 2.06 bits per heavy atom. The molecule has 0 saturated heterocycles. The van der Waals surface area contributed by atoms with Crippen LogP contribution in [-0.4, -0.2) is 29.8 Å². The summed E-state index contributed by atoms with van der Waals surface area (Å²) in [5.74, 6) is -0.361. The molecule has 1 amide bonds. The van der Waals surface area contributed by atoms with E-state index in [2.05, 4.69) is 17.4 Å². The van der Waals surface area contributed by atoms with Gasteiger partial charge in [0.2, 0.25) is 0 Å². The highest BCUT2D eigenvalue weighted by Gasteiger charge is 2.21. The van der Waals surface area contributed by atoms with Gasteiger partial charge in [-0.1, -0.05) is 72.8 Å². The summed E-state index contributed by atoms with van der Waals surface area (Å²) in [5, 5.41) is 11.8. The van der Waals surface area contributed by atoms with Gasteiger partial charge >= 0.3 is 12.1 Å². The maximum atomic E-state index is 12.1. The van der Waals surface area contributed by atoms with Gasteiger partial charge in [-0.05, 0) is 41.7 Å². The van der Waals surface area contributed by atoms with Gasteiger partial charge in [0, 0.05) is 6.42 Å². The fourth-order valence-corrected chi connectivity index (χ4v) is 3.18. The Morgan fingerprint density at radius 2 is 1.44 bits per heavy atom. The van der Waals surface area contributed by atoms with Crippen molar-refractivity contribution < 1.29 is 24.2 Å². The van der Waals surface area contributed by atoms with Gasteiger partial charge in [0.15, 0.2) is 0 Å². The molecule has 0 fully saturated rings. The normalized spacial score (nSPS) is 11.4. The van der Waals surface area contributed by atoms with Gasteiger partial charge < -0.3 is 19.9 Å². The van der Waals surface area contributed by atoms with Crippen LogP contribution in [-0.2, 0) is 29.0 Å². The number of hydrogen-bond acceptors (Lipinski definition) is 4. The van der Waals surface area contributed by atoms with Crippen molar-refractivity contribution >= 4 is 12.1 Å². The van der Waals surface area contributed by atoms with Gasteiger partial charge in [0.1, 0.15) is 18.4 Å². The Labute approximate surface area is 187 Å². The summed E-state index contributed by atoms with van der Waals surface area (Å²) in [6.45, 7) is 0.656. The van der Waals surface area contributed by atoms with Crippen molar-refractivity contribution in [3.8, 4) is 5.75 Å². The Hall–Kier alpha value is -3.80. The van der Waals surface area contributed by atoms with Crippen LogP contribution in [0.15, 0.2) is 84.9 Å². The summed E-state index contributed by atoms with van der Waals surface area (Å²) in [6.07, 6.45) is 1.29. The minimum absolute atomic E-state index is 0.0395. The van der Waals surface area contributed by atoms with Crippen LogP contribution in [0.2, 0.25) is 0 Å². The molecule has 3 rings (SSSR count). The monoisotopic (exact) mass is 433 g/mol. The van der Waals surface area contributed by atoms with E-state index in [1.807, 2.05) is 72.8 Å². The number of carbonyl (C=O) groups is 2. The van der Waals surface area contributed by atoms with Crippen molar-refractivity contribution in [2.75, 3.05) is 6.61 Å². The highest BCUT2D eigenvalue weighted by Crippen LogP contribution is 2.14. The van der Waals surface area contributed by atoms with E-state index in [4.69, 9.17) is 9.47 Å². The minimum atomic E-state index is -1.11. The largest absolute Gasteiger partial charge is 0.494 e. The van der Waals surface area contributed by atoms with Gasteiger partial charge in [0.25, 0.3) is 0 Å². The average molecular weight is 434 g/mol. The number of nitrogens with one attached hydrogen (secondary N) is 1. The molecule has 0 aliphatic heterocycles. The molecular weight excluding hydrogens is 406 g/mol. The van der Waals surface area contributed by atoms with Crippen LogP contribution in [0.25, 0.3) is 0 Å². The molecule has 0 aliphatic carbocycles. The third-order valence-corrected chi connectivity index (χ3v) is 4.89.